The molecule has 1 fully saturated rings. The summed E-state index contributed by atoms with van der Waals surface area (Å²) in [4.78, 5) is 35.8. The quantitative estimate of drug-likeness (QED) is 0.249. The highest BCUT2D eigenvalue weighted by Gasteiger charge is 2.28. The number of hydrogen-bond donors (Lipinski definition) is 1. The van der Waals surface area contributed by atoms with Crippen molar-refractivity contribution in [3.8, 4) is 5.75 Å². The zero-order valence-corrected chi connectivity index (χ0v) is 19.4. The molecule has 1 saturated carbocycles. The molecule has 1 amide bonds. The van der Waals surface area contributed by atoms with Gasteiger partial charge in [0, 0.05) is 25.7 Å². The number of rotatable bonds is 10. The van der Waals surface area contributed by atoms with Crippen molar-refractivity contribution < 1.29 is 33.2 Å². The highest BCUT2D eigenvalue weighted by Crippen LogP contribution is 2.29. The van der Waals surface area contributed by atoms with Gasteiger partial charge in [-0.2, -0.15) is 0 Å². The summed E-state index contributed by atoms with van der Waals surface area (Å²) in [7, 11) is 0.223. The summed E-state index contributed by atoms with van der Waals surface area (Å²) in [5.74, 6) is -0.432. The van der Waals surface area contributed by atoms with E-state index in [0.717, 1.165) is 31.2 Å². The predicted octanol–water partition coefficient (Wildman–Crippen LogP) is 3.12. The number of carbonyl (C=O) groups excluding carboxylic acids is 3. The lowest BCUT2D eigenvalue weighted by atomic mass is 9.79. The largest absolute Gasteiger partial charge is 0.561 e. The van der Waals surface area contributed by atoms with Crippen molar-refractivity contribution in [1.29, 1.82) is 0 Å². The van der Waals surface area contributed by atoms with Crippen molar-refractivity contribution >= 4 is 25.1 Å². The van der Waals surface area contributed by atoms with Crippen LogP contribution in [0.4, 0.5) is 0 Å². The first-order valence-corrected chi connectivity index (χ1v) is 11.6. The number of nitrogens with one attached hydrogen (secondary N) is 1. The minimum atomic E-state index is -0.874. The fourth-order valence-electron chi connectivity index (χ4n) is 4.09. The standard InChI is InChI=1S/C24H32BNO7/c1-15(27)12-13-22(28)26-21-14-18-8-7-11-20(23(18)33-25-21)24(29)32-17(3)30-16(2)31-19-9-5-4-6-10-19/h7-8,11,17,19,21,25H,2,4-6,9-10,12-14H2,1,3H3,(H,26,28). The molecule has 0 radical (unpaired) electrons. The Morgan fingerprint density at radius 2 is 1.94 bits per heavy atom. The molecule has 1 aliphatic carbocycles. The molecular weight excluding hydrogens is 425 g/mol. The van der Waals surface area contributed by atoms with Gasteiger partial charge in [0.05, 0.1) is 0 Å². The summed E-state index contributed by atoms with van der Waals surface area (Å²) in [6.45, 7) is 6.85. The number of fused-ring (bicyclic) bond motifs is 1. The molecule has 2 unspecified atom stereocenters. The van der Waals surface area contributed by atoms with Gasteiger partial charge in [-0.1, -0.05) is 18.6 Å². The predicted molar refractivity (Wildman–Crippen MR) is 123 cm³/mol. The molecule has 0 bridgehead atoms. The maximum atomic E-state index is 12.8. The lowest BCUT2D eigenvalue weighted by Crippen LogP contribution is -2.45. The van der Waals surface area contributed by atoms with E-state index in [2.05, 4.69) is 11.9 Å². The highest BCUT2D eigenvalue weighted by atomic mass is 16.8. The third-order valence-corrected chi connectivity index (χ3v) is 5.70. The van der Waals surface area contributed by atoms with Crippen LogP contribution >= 0.6 is 0 Å². The fraction of sp³-hybridized carbons (Fsp3) is 0.542. The third-order valence-electron chi connectivity index (χ3n) is 5.70. The van der Waals surface area contributed by atoms with Crippen LogP contribution in [0.2, 0.25) is 0 Å². The summed E-state index contributed by atoms with van der Waals surface area (Å²) in [5.41, 5.74) is 1.09. The smallest absolute Gasteiger partial charge is 0.363 e. The van der Waals surface area contributed by atoms with Crippen molar-refractivity contribution in [1.82, 2.24) is 5.32 Å². The van der Waals surface area contributed by atoms with E-state index in [9.17, 15) is 14.4 Å². The molecule has 2 aliphatic rings. The number of carbonyl (C=O) groups is 3. The van der Waals surface area contributed by atoms with Gasteiger partial charge in [-0.3, -0.25) is 4.79 Å². The molecule has 9 heteroatoms. The van der Waals surface area contributed by atoms with Gasteiger partial charge in [-0.25, -0.2) is 4.79 Å². The van der Waals surface area contributed by atoms with E-state index in [0.29, 0.717) is 17.7 Å². The molecule has 1 aromatic rings. The first-order valence-electron chi connectivity index (χ1n) is 11.6. The zero-order valence-electron chi connectivity index (χ0n) is 19.4. The van der Waals surface area contributed by atoms with Gasteiger partial charge in [0.25, 0.3) is 5.95 Å². The Morgan fingerprint density at radius 3 is 2.67 bits per heavy atom. The van der Waals surface area contributed by atoms with Crippen LogP contribution in [0, 0.1) is 0 Å². The van der Waals surface area contributed by atoms with Gasteiger partial charge in [-0.05, 0) is 57.2 Å². The van der Waals surface area contributed by atoms with Crippen LogP contribution in [-0.4, -0.2) is 43.5 Å². The molecule has 1 N–H and O–H groups in total. The number of benzene rings is 1. The molecule has 3 rings (SSSR count). The zero-order chi connectivity index (χ0) is 23.8. The van der Waals surface area contributed by atoms with Crippen molar-refractivity contribution in [2.24, 2.45) is 0 Å². The molecule has 33 heavy (non-hydrogen) atoms. The Labute approximate surface area is 195 Å². The van der Waals surface area contributed by atoms with Crippen molar-refractivity contribution in [3.63, 3.8) is 0 Å². The maximum Gasteiger partial charge on any atom is 0.363 e. The van der Waals surface area contributed by atoms with Crippen LogP contribution in [0.15, 0.2) is 30.7 Å². The molecule has 8 nitrogen and oxygen atoms in total. The van der Waals surface area contributed by atoms with E-state index in [-0.39, 0.29) is 50.0 Å². The van der Waals surface area contributed by atoms with E-state index >= 15 is 0 Å². The van der Waals surface area contributed by atoms with Crippen LogP contribution in [0.5, 0.6) is 5.75 Å². The number of para-hydroxylation sites is 1. The number of hydrogen-bond acceptors (Lipinski definition) is 7. The summed E-state index contributed by atoms with van der Waals surface area (Å²) in [6, 6.07) is 5.22. The molecule has 2 atom stereocenters. The van der Waals surface area contributed by atoms with Gasteiger partial charge in [0.1, 0.15) is 23.2 Å². The number of ether oxygens (including phenoxy) is 3. The van der Waals surface area contributed by atoms with Crippen LogP contribution in [0.1, 0.15) is 74.7 Å². The van der Waals surface area contributed by atoms with Gasteiger partial charge in [0.2, 0.25) is 12.2 Å². The molecule has 0 spiro atoms. The van der Waals surface area contributed by atoms with Crippen LogP contribution in [-0.2, 0) is 30.2 Å². The minimum Gasteiger partial charge on any atom is -0.561 e. The van der Waals surface area contributed by atoms with Crippen molar-refractivity contribution in [2.75, 3.05) is 0 Å². The molecule has 1 heterocycles. The summed E-state index contributed by atoms with van der Waals surface area (Å²) >= 11 is 0. The second-order valence-corrected chi connectivity index (χ2v) is 8.62. The Balaban J connectivity index is 1.52. The van der Waals surface area contributed by atoms with E-state index in [1.807, 2.05) is 6.07 Å². The van der Waals surface area contributed by atoms with Crippen molar-refractivity contribution in [3.05, 3.63) is 41.9 Å². The fourth-order valence-corrected chi connectivity index (χ4v) is 4.09. The monoisotopic (exact) mass is 457 g/mol. The van der Waals surface area contributed by atoms with Gasteiger partial charge in [0.15, 0.2) is 0 Å². The number of Topliss-reactive ketones (excluding diaryl/α,β-unsaturated/α-hetero) is 1. The highest BCUT2D eigenvalue weighted by molar-refractivity contribution is 6.32. The number of ketones is 1. The number of esters is 1. The average Bonchev–Trinajstić information content (AvgIpc) is 2.77. The average molecular weight is 457 g/mol. The van der Waals surface area contributed by atoms with Crippen LogP contribution < -0.4 is 9.97 Å². The second-order valence-electron chi connectivity index (χ2n) is 8.62. The van der Waals surface area contributed by atoms with E-state index in [4.69, 9.17) is 18.9 Å². The SMILES string of the molecule is C=C(OC1CCCCC1)OC(C)OC(=O)c1cccc2c1OBC(NC(=O)CCC(C)=O)C2. The minimum absolute atomic E-state index is 0.0270. The first kappa shape index (κ1) is 24.7. The molecular formula is C24H32BNO7. The second kappa shape index (κ2) is 11.8. The van der Waals surface area contributed by atoms with E-state index in [1.165, 1.54) is 13.3 Å². The molecule has 0 aromatic heterocycles. The Kier molecular flexibility index (Phi) is 8.80. The third kappa shape index (κ3) is 7.54. The Morgan fingerprint density at radius 1 is 1.18 bits per heavy atom. The lowest BCUT2D eigenvalue weighted by molar-refractivity contribution is -0.125. The number of amides is 1. The molecule has 0 saturated heterocycles. The Bertz CT molecular complexity index is 882. The lowest BCUT2D eigenvalue weighted by Gasteiger charge is -2.27. The molecule has 1 aromatic carbocycles. The summed E-state index contributed by atoms with van der Waals surface area (Å²) < 4.78 is 22.5. The van der Waals surface area contributed by atoms with Gasteiger partial charge >= 0.3 is 13.5 Å². The van der Waals surface area contributed by atoms with Gasteiger partial charge in [-0.15, -0.1) is 0 Å². The summed E-state index contributed by atoms with van der Waals surface area (Å²) in [5, 5.41) is 2.88. The van der Waals surface area contributed by atoms with Crippen LogP contribution in [0.25, 0.3) is 0 Å². The Hall–Kier alpha value is -2.97. The van der Waals surface area contributed by atoms with Crippen LogP contribution in [0.3, 0.4) is 0 Å². The maximum absolute atomic E-state index is 12.8. The topological polar surface area (TPSA) is 100 Å². The van der Waals surface area contributed by atoms with E-state index in [1.54, 1.807) is 19.1 Å². The van der Waals surface area contributed by atoms with E-state index < -0.39 is 12.3 Å². The molecule has 1 aliphatic heterocycles. The van der Waals surface area contributed by atoms with Gasteiger partial charge < -0.3 is 29.0 Å². The first-order chi connectivity index (χ1) is 15.8. The molecule has 178 valence electrons. The van der Waals surface area contributed by atoms with Crippen molar-refractivity contribution in [2.45, 2.75) is 83.5 Å². The normalized spacial score (nSPS) is 18.5. The summed E-state index contributed by atoms with van der Waals surface area (Å²) in [6.07, 6.45) is 5.53.